The Morgan fingerprint density at radius 3 is 2.50 bits per heavy atom. The van der Waals surface area contributed by atoms with Crippen LogP contribution in [0.3, 0.4) is 0 Å². The van der Waals surface area contributed by atoms with Crippen LogP contribution in [0.1, 0.15) is 16.7 Å². The minimum absolute atomic E-state index is 0.465. The van der Waals surface area contributed by atoms with Crippen LogP contribution in [0, 0.1) is 6.92 Å². The zero-order chi connectivity index (χ0) is 15.9. The van der Waals surface area contributed by atoms with Crippen LogP contribution in [0.5, 0.6) is 11.5 Å². The van der Waals surface area contributed by atoms with Crippen molar-refractivity contribution in [2.75, 3.05) is 7.11 Å². The van der Waals surface area contributed by atoms with E-state index in [1.54, 1.807) is 19.3 Å². The summed E-state index contributed by atoms with van der Waals surface area (Å²) >= 11 is 0. The maximum Gasteiger partial charge on any atom is 0.241 e. The van der Waals surface area contributed by atoms with Gasteiger partial charge >= 0.3 is 0 Å². The van der Waals surface area contributed by atoms with Gasteiger partial charge in [-0.3, -0.25) is 4.79 Å². The number of ether oxygens (including phenoxy) is 2. The third-order valence-corrected chi connectivity index (χ3v) is 3.14. The molecule has 0 radical (unpaired) electrons. The van der Waals surface area contributed by atoms with Crippen LogP contribution in [0.4, 0.5) is 0 Å². The lowest BCUT2D eigenvalue weighted by molar-refractivity contribution is -0.113. The Morgan fingerprint density at radius 1 is 1.14 bits per heavy atom. The maximum absolute atomic E-state index is 10.8. The summed E-state index contributed by atoms with van der Waals surface area (Å²) in [6, 6.07) is 13.6. The molecule has 2 N–H and O–H groups in total. The molecular formula is C18H19NO3. The van der Waals surface area contributed by atoms with Gasteiger partial charge in [-0.15, -0.1) is 0 Å². The minimum Gasteiger partial charge on any atom is -0.493 e. The third-order valence-electron chi connectivity index (χ3n) is 3.14. The van der Waals surface area contributed by atoms with Crippen LogP contribution in [0.2, 0.25) is 0 Å². The Kier molecular flexibility index (Phi) is 5.20. The van der Waals surface area contributed by atoms with Crippen molar-refractivity contribution in [3.63, 3.8) is 0 Å². The number of hydrogen-bond acceptors (Lipinski definition) is 3. The molecule has 0 aromatic heterocycles. The van der Waals surface area contributed by atoms with Crippen molar-refractivity contribution >= 4 is 12.0 Å². The van der Waals surface area contributed by atoms with Crippen molar-refractivity contribution < 1.29 is 14.3 Å². The standard InChI is InChI=1S/C18H19NO3/c1-13-3-5-15(6-4-13)12-22-16-9-7-14(8-10-18(19)20)11-17(16)21-2/h3-11H,12H2,1-2H3,(H2,19,20)/b10-8+. The molecule has 0 spiro atoms. The molecule has 0 bridgehead atoms. The molecular weight excluding hydrogens is 278 g/mol. The predicted molar refractivity (Wildman–Crippen MR) is 86.7 cm³/mol. The van der Waals surface area contributed by atoms with E-state index in [1.807, 2.05) is 43.3 Å². The Bertz CT molecular complexity index is 675. The van der Waals surface area contributed by atoms with Gasteiger partial charge in [0.2, 0.25) is 5.91 Å². The molecule has 0 saturated heterocycles. The molecule has 4 nitrogen and oxygen atoms in total. The minimum atomic E-state index is -0.487. The summed E-state index contributed by atoms with van der Waals surface area (Å²) in [5.41, 5.74) is 8.20. The van der Waals surface area contributed by atoms with E-state index >= 15 is 0 Å². The molecule has 0 fully saturated rings. The zero-order valence-electron chi connectivity index (χ0n) is 12.7. The van der Waals surface area contributed by atoms with Crippen LogP contribution in [0.25, 0.3) is 6.08 Å². The number of rotatable bonds is 6. The van der Waals surface area contributed by atoms with Crippen molar-refractivity contribution in [3.05, 3.63) is 65.2 Å². The molecule has 2 rings (SSSR count). The molecule has 0 atom stereocenters. The van der Waals surface area contributed by atoms with Crippen molar-refractivity contribution in [2.24, 2.45) is 5.73 Å². The first kappa shape index (κ1) is 15.6. The van der Waals surface area contributed by atoms with E-state index in [4.69, 9.17) is 15.2 Å². The molecule has 0 aliphatic heterocycles. The molecule has 0 aliphatic rings. The number of nitrogens with two attached hydrogens (primary N) is 1. The van der Waals surface area contributed by atoms with Crippen LogP contribution in [-0.4, -0.2) is 13.0 Å². The smallest absolute Gasteiger partial charge is 0.241 e. The Morgan fingerprint density at radius 2 is 1.86 bits per heavy atom. The van der Waals surface area contributed by atoms with E-state index in [0.29, 0.717) is 18.1 Å². The zero-order valence-corrected chi connectivity index (χ0v) is 12.7. The highest BCUT2D eigenvalue weighted by molar-refractivity contribution is 5.90. The van der Waals surface area contributed by atoms with Gasteiger partial charge in [-0.2, -0.15) is 0 Å². The molecule has 0 unspecified atom stereocenters. The molecule has 0 heterocycles. The van der Waals surface area contributed by atoms with Crippen LogP contribution in [-0.2, 0) is 11.4 Å². The summed E-state index contributed by atoms with van der Waals surface area (Å²) in [5, 5.41) is 0. The average molecular weight is 297 g/mol. The predicted octanol–water partition coefficient (Wildman–Crippen LogP) is 3.08. The summed E-state index contributed by atoms with van der Waals surface area (Å²) < 4.78 is 11.1. The number of methoxy groups -OCH3 is 1. The molecule has 0 aliphatic carbocycles. The molecule has 4 heteroatoms. The lowest BCUT2D eigenvalue weighted by Crippen LogP contribution is -2.05. The maximum atomic E-state index is 10.8. The van der Waals surface area contributed by atoms with Gasteiger partial charge < -0.3 is 15.2 Å². The van der Waals surface area contributed by atoms with E-state index in [9.17, 15) is 4.79 Å². The number of aryl methyl sites for hydroxylation is 1. The van der Waals surface area contributed by atoms with Gasteiger partial charge in [-0.1, -0.05) is 35.9 Å². The average Bonchev–Trinajstić information content (AvgIpc) is 2.52. The number of carbonyl (C=O) groups is 1. The van der Waals surface area contributed by atoms with Crippen LogP contribution in [0.15, 0.2) is 48.5 Å². The van der Waals surface area contributed by atoms with Crippen LogP contribution < -0.4 is 15.2 Å². The third kappa shape index (κ3) is 4.38. The lowest BCUT2D eigenvalue weighted by Gasteiger charge is -2.11. The molecule has 2 aromatic rings. The number of hydrogen-bond donors (Lipinski definition) is 1. The number of primary amides is 1. The highest BCUT2D eigenvalue weighted by atomic mass is 16.5. The normalized spacial score (nSPS) is 10.6. The van der Waals surface area contributed by atoms with Gasteiger partial charge in [-0.05, 0) is 36.3 Å². The summed E-state index contributed by atoms with van der Waals surface area (Å²) in [6.07, 6.45) is 2.94. The second-order valence-corrected chi connectivity index (χ2v) is 4.92. The van der Waals surface area contributed by atoms with Crippen LogP contribution >= 0.6 is 0 Å². The fraction of sp³-hybridized carbons (Fsp3) is 0.167. The first-order valence-electron chi connectivity index (χ1n) is 6.92. The Balaban J connectivity index is 2.10. The van der Waals surface area contributed by atoms with E-state index in [0.717, 1.165) is 11.1 Å². The number of carbonyl (C=O) groups excluding carboxylic acids is 1. The fourth-order valence-corrected chi connectivity index (χ4v) is 1.93. The van der Waals surface area contributed by atoms with Gasteiger partial charge in [0.15, 0.2) is 11.5 Å². The van der Waals surface area contributed by atoms with Crippen molar-refractivity contribution in [1.82, 2.24) is 0 Å². The van der Waals surface area contributed by atoms with E-state index in [1.165, 1.54) is 11.6 Å². The second-order valence-electron chi connectivity index (χ2n) is 4.92. The first-order valence-corrected chi connectivity index (χ1v) is 6.92. The molecule has 2 aromatic carbocycles. The first-order chi connectivity index (χ1) is 10.6. The van der Waals surface area contributed by atoms with Crippen molar-refractivity contribution in [2.45, 2.75) is 13.5 Å². The van der Waals surface area contributed by atoms with E-state index in [-0.39, 0.29) is 0 Å². The SMILES string of the molecule is COc1cc(/C=C/C(N)=O)ccc1OCc1ccc(C)cc1. The van der Waals surface area contributed by atoms with E-state index < -0.39 is 5.91 Å². The van der Waals surface area contributed by atoms with Gasteiger partial charge in [0.25, 0.3) is 0 Å². The van der Waals surface area contributed by atoms with Gasteiger partial charge in [0.1, 0.15) is 6.61 Å². The second kappa shape index (κ2) is 7.31. The quantitative estimate of drug-likeness (QED) is 0.833. The molecule has 22 heavy (non-hydrogen) atoms. The van der Waals surface area contributed by atoms with E-state index in [2.05, 4.69) is 0 Å². The summed E-state index contributed by atoms with van der Waals surface area (Å²) in [7, 11) is 1.58. The topological polar surface area (TPSA) is 61.5 Å². The highest BCUT2D eigenvalue weighted by Crippen LogP contribution is 2.29. The molecule has 1 amide bonds. The van der Waals surface area contributed by atoms with Gasteiger partial charge in [0.05, 0.1) is 7.11 Å². The summed E-state index contributed by atoms with van der Waals surface area (Å²) in [5.74, 6) is 0.775. The summed E-state index contributed by atoms with van der Waals surface area (Å²) in [4.78, 5) is 10.8. The highest BCUT2D eigenvalue weighted by Gasteiger charge is 2.05. The summed E-state index contributed by atoms with van der Waals surface area (Å²) in [6.45, 7) is 2.51. The van der Waals surface area contributed by atoms with Gasteiger partial charge in [-0.25, -0.2) is 0 Å². The fourth-order valence-electron chi connectivity index (χ4n) is 1.93. The monoisotopic (exact) mass is 297 g/mol. The lowest BCUT2D eigenvalue weighted by atomic mass is 10.1. The number of benzene rings is 2. The van der Waals surface area contributed by atoms with Crippen molar-refractivity contribution in [3.8, 4) is 11.5 Å². The molecule has 0 saturated carbocycles. The largest absolute Gasteiger partial charge is 0.493 e. The number of amides is 1. The van der Waals surface area contributed by atoms with Gasteiger partial charge in [0, 0.05) is 6.08 Å². The molecule has 114 valence electrons. The Hall–Kier alpha value is -2.75. The van der Waals surface area contributed by atoms with Crippen molar-refractivity contribution in [1.29, 1.82) is 0 Å². The Labute approximate surface area is 130 Å².